The number of nitrogens with zero attached hydrogens (tertiary/aromatic N) is 2. The summed E-state index contributed by atoms with van der Waals surface area (Å²) < 4.78 is 43.4. The lowest BCUT2D eigenvalue weighted by Crippen LogP contribution is -2.61. The van der Waals surface area contributed by atoms with Crippen molar-refractivity contribution in [1.29, 1.82) is 0 Å². The fraction of sp³-hybridized carbons (Fsp3) is 0.667. The van der Waals surface area contributed by atoms with Crippen molar-refractivity contribution < 1.29 is 22.4 Å². The molecule has 1 aliphatic heterocycles. The molecule has 1 saturated heterocycles. The fourth-order valence-corrected chi connectivity index (χ4v) is 9.23. The van der Waals surface area contributed by atoms with Crippen LogP contribution >= 0.6 is 0 Å². The first-order chi connectivity index (χ1) is 16.1. The summed E-state index contributed by atoms with van der Waals surface area (Å²) in [4.78, 5) is 24.7. The van der Waals surface area contributed by atoms with Crippen LogP contribution in [0, 0.1) is 35.9 Å². The minimum absolute atomic E-state index is 0.00228. The van der Waals surface area contributed by atoms with Crippen LogP contribution in [0.25, 0.3) is 0 Å². The van der Waals surface area contributed by atoms with E-state index in [-0.39, 0.29) is 48.6 Å². The molecule has 8 nitrogen and oxygen atoms in total. The van der Waals surface area contributed by atoms with Gasteiger partial charge in [-0.3, -0.25) is 13.9 Å². The van der Waals surface area contributed by atoms with Gasteiger partial charge in [0.2, 0.25) is 11.8 Å². The second-order valence-corrected chi connectivity index (χ2v) is 12.7. The van der Waals surface area contributed by atoms with Crippen LogP contribution in [0.2, 0.25) is 0 Å². The van der Waals surface area contributed by atoms with E-state index in [0.29, 0.717) is 36.2 Å². The first kappa shape index (κ1) is 23.5. The molecule has 0 radical (unpaired) electrons. The normalized spacial score (nSPS) is 34.2. The summed E-state index contributed by atoms with van der Waals surface area (Å²) in [6.07, 6.45) is 5.79. The number of hydrogen-bond acceptors (Lipinski definition) is 4. The number of aryl methyl sites for hydroxylation is 1. The van der Waals surface area contributed by atoms with Gasteiger partial charge in [0.05, 0.1) is 12.2 Å². The van der Waals surface area contributed by atoms with Gasteiger partial charge < -0.3 is 11.1 Å². The summed E-state index contributed by atoms with van der Waals surface area (Å²) in [5, 5.41) is 3.14. The van der Waals surface area contributed by atoms with Crippen molar-refractivity contribution in [3.8, 4) is 0 Å². The summed E-state index contributed by atoms with van der Waals surface area (Å²) in [7, 11) is -4.03. The second kappa shape index (κ2) is 8.48. The number of para-hydroxylation sites is 1. The molecule has 5 aliphatic rings. The monoisotopic (exact) mass is 492 g/mol. The van der Waals surface area contributed by atoms with Crippen LogP contribution in [-0.2, 0) is 19.8 Å². The lowest BCUT2D eigenvalue weighted by molar-refractivity contribution is -0.134. The fourth-order valence-electron chi connectivity index (χ4n) is 7.49. The van der Waals surface area contributed by atoms with Gasteiger partial charge in [-0.25, -0.2) is 4.39 Å². The third kappa shape index (κ3) is 4.08. The maximum absolute atomic E-state index is 14.5. The molecule has 2 amide bonds. The molecule has 1 heterocycles. The Bertz CT molecular complexity index is 1070. The topological polar surface area (TPSA) is 113 Å². The molecule has 6 rings (SSSR count). The Balaban J connectivity index is 1.28. The zero-order valence-corrected chi connectivity index (χ0v) is 20.3. The van der Waals surface area contributed by atoms with Crippen LogP contribution in [0.15, 0.2) is 18.2 Å². The lowest BCUT2D eigenvalue weighted by Gasteiger charge is -2.60. The minimum Gasteiger partial charge on any atom is -0.370 e. The Labute approximate surface area is 200 Å². The summed E-state index contributed by atoms with van der Waals surface area (Å²) in [5.74, 6) is -0.00172. The van der Waals surface area contributed by atoms with E-state index in [9.17, 15) is 22.4 Å². The molecular weight excluding hydrogens is 459 g/mol. The molecule has 1 aromatic rings. The van der Waals surface area contributed by atoms with Crippen molar-refractivity contribution in [3.63, 3.8) is 0 Å². The molecule has 2 unspecified atom stereocenters. The number of amides is 2. The number of carbonyl (C=O) groups excluding carboxylic acids is 2. The standard InChI is InChI=1S/C24H33FN4O4S/c1-15-4-2-5-19(25)23(15)29-7-3-6-28(34(29,32)33)14-21(31)27-22-17-8-16-9-18(22)12-24(10-16,11-17)13-20(26)30/h2,4-5,16-18,22H,3,6-14H2,1H3,(H2,26,30)(H,27,31). The molecule has 0 aromatic heterocycles. The lowest BCUT2D eigenvalue weighted by atomic mass is 9.47. The van der Waals surface area contributed by atoms with Gasteiger partial charge in [0.15, 0.2) is 0 Å². The number of benzene rings is 1. The number of hydrogen-bond donors (Lipinski definition) is 2. The Morgan fingerprint density at radius 1 is 1.18 bits per heavy atom. The van der Waals surface area contributed by atoms with Gasteiger partial charge in [-0.15, -0.1) is 0 Å². The molecule has 3 N–H and O–H groups in total. The number of halogens is 1. The highest BCUT2D eigenvalue weighted by molar-refractivity contribution is 7.90. The summed E-state index contributed by atoms with van der Waals surface area (Å²) in [5.41, 5.74) is 6.09. The van der Waals surface area contributed by atoms with Crippen molar-refractivity contribution in [2.75, 3.05) is 23.9 Å². The summed E-state index contributed by atoms with van der Waals surface area (Å²) in [6, 6.07) is 4.48. The Morgan fingerprint density at radius 3 is 2.53 bits per heavy atom. The molecule has 34 heavy (non-hydrogen) atoms. The Morgan fingerprint density at radius 2 is 1.88 bits per heavy atom. The number of anilines is 1. The van der Waals surface area contributed by atoms with E-state index in [1.54, 1.807) is 19.1 Å². The van der Waals surface area contributed by atoms with Crippen LogP contribution in [0.4, 0.5) is 10.1 Å². The van der Waals surface area contributed by atoms with Gasteiger partial charge >= 0.3 is 10.2 Å². The van der Waals surface area contributed by atoms with Gasteiger partial charge in [0.1, 0.15) is 5.82 Å². The van der Waals surface area contributed by atoms with Crippen molar-refractivity contribution >= 4 is 27.7 Å². The molecule has 186 valence electrons. The predicted molar refractivity (Wildman–Crippen MR) is 125 cm³/mol. The molecule has 1 aromatic carbocycles. The van der Waals surface area contributed by atoms with Gasteiger partial charge in [-0.2, -0.15) is 12.7 Å². The van der Waals surface area contributed by atoms with E-state index < -0.39 is 16.0 Å². The van der Waals surface area contributed by atoms with Crippen molar-refractivity contribution in [2.45, 2.75) is 57.9 Å². The molecule has 2 atom stereocenters. The first-order valence-electron chi connectivity index (χ1n) is 12.2. The zero-order valence-electron chi connectivity index (χ0n) is 19.5. The average molecular weight is 493 g/mol. The van der Waals surface area contributed by atoms with E-state index in [1.165, 1.54) is 6.07 Å². The van der Waals surface area contributed by atoms with Crippen molar-refractivity contribution in [3.05, 3.63) is 29.6 Å². The Hall–Kier alpha value is -2.20. The maximum Gasteiger partial charge on any atom is 0.304 e. The van der Waals surface area contributed by atoms with Crippen LogP contribution in [-0.4, -0.2) is 50.2 Å². The minimum atomic E-state index is -4.03. The largest absolute Gasteiger partial charge is 0.370 e. The van der Waals surface area contributed by atoms with E-state index in [1.807, 2.05) is 0 Å². The number of carbonyl (C=O) groups is 2. The van der Waals surface area contributed by atoms with Gasteiger partial charge in [-0.05, 0) is 80.2 Å². The number of nitrogens with one attached hydrogen (secondary N) is 1. The summed E-state index contributed by atoms with van der Waals surface area (Å²) in [6.45, 7) is 1.80. The maximum atomic E-state index is 14.5. The van der Waals surface area contributed by atoms with E-state index >= 15 is 0 Å². The van der Waals surface area contributed by atoms with E-state index in [2.05, 4.69) is 5.32 Å². The molecule has 4 aliphatic carbocycles. The van der Waals surface area contributed by atoms with Gasteiger partial charge in [0.25, 0.3) is 0 Å². The second-order valence-electron chi connectivity index (χ2n) is 10.9. The molecule has 10 heteroatoms. The van der Waals surface area contributed by atoms with E-state index in [0.717, 1.165) is 40.7 Å². The quantitative estimate of drug-likeness (QED) is 0.633. The van der Waals surface area contributed by atoms with Crippen LogP contribution < -0.4 is 15.4 Å². The van der Waals surface area contributed by atoms with E-state index in [4.69, 9.17) is 5.73 Å². The van der Waals surface area contributed by atoms with Crippen LogP contribution in [0.1, 0.15) is 50.5 Å². The molecular formula is C24H33FN4O4S. The SMILES string of the molecule is Cc1cccc(F)c1N1CCCN(CC(=O)NC2C3CC4CC2CC(CC(N)=O)(C4)C3)S1(=O)=O. The highest BCUT2D eigenvalue weighted by atomic mass is 32.2. The van der Waals surface area contributed by atoms with Crippen molar-refractivity contribution in [1.82, 2.24) is 9.62 Å². The zero-order chi connectivity index (χ0) is 24.3. The first-order valence-corrected chi connectivity index (χ1v) is 13.6. The van der Waals surface area contributed by atoms with Crippen LogP contribution in [0.5, 0.6) is 0 Å². The van der Waals surface area contributed by atoms with Crippen LogP contribution in [0.3, 0.4) is 0 Å². The van der Waals surface area contributed by atoms with Gasteiger partial charge in [-0.1, -0.05) is 12.1 Å². The highest BCUT2D eigenvalue weighted by Crippen LogP contribution is 2.61. The highest BCUT2D eigenvalue weighted by Gasteiger charge is 2.56. The predicted octanol–water partition coefficient (Wildman–Crippen LogP) is 2.08. The Kier molecular flexibility index (Phi) is 5.87. The molecule has 4 saturated carbocycles. The molecule has 0 spiro atoms. The third-order valence-corrected chi connectivity index (χ3v) is 10.3. The third-order valence-electron chi connectivity index (χ3n) is 8.41. The van der Waals surface area contributed by atoms with Crippen molar-refractivity contribution in [2.24, 2.45) is 28.9 Å². The molecule has 4 bridgehead atoms. The number of rotatable bonds is 6. The average Bonchev–Trinajstić information content (AvgIpc) is 2.72. The number of primary amides is 1. The number of nitrogens with two attached hydrogens (primary N) is 1. The smallest absolute Gasteiger partial charge is 0.304 e. The summed E-state index contributed by atoms with van der Waals surface area (Å²) >= 11 is 0. The molecule has 5 fully saturated rings. The van der Waals surface area contributed by atoms with Gasteiger partial charge in [0, 0.05) is 25.6 Å².